The standard InChI is InChI=1S/C72H46N4/c73-47-58-31-36-60(59-37-38-65(52-27-15-5-16-28-52)74-70(59)53-29-17-6-18-30-53)72(76-68-41-34-56(50-23-11-3-12-24-50)45-63(68)64-46-57(35-42-69(64)76)51-25-13-4-14-26-51)71(58)75-66-39-32-54(48-19-7-1-8-20-48)43-61(66)62-44-55(33-40-67(62)75)49-21-9-2-10-22-49/h1-46H. The van der Waals surface area contributed by atoms with Gasteiger partial charge in [-0.25, -0.2) is 4.98 Å². The fourth-order valence-corrected chi connectivity index (χ4v) is 11.4. The topological polar surface area (TPSA) is 46.5 Å². The summed E-state index contributed by atoms with van der Waals surface area (Å²) in [5.41, 5.74) is 20.9. The van der Waals surface area contributed by atoms with Crippen molar-refractivity contribution in [2.45, 2.75) is 0 Å². The van der Waals surface area contributed by atoms with Gasteiger partial charge in [-0.1, -0.05) is 212 Å². The van der Waals surface area contributed by atoms with Gasteiger partial charge >= 0.3 is 0 Å². The van der Waals surface area contributed by atoms with Crippen LogP contribution in [0.5, 0.6) is 0 Å². The smallest absolute Gasteiger partial charge is 0.101 e. The molecule has 0 radical (unpaired) electrons. The highest BCUT2D eigenvalue weighted by Gasteiger charge is 2.28. The molecule has 0 atom stereocenters. The third-order valence-corrected chi connectivity index (χ3v) is 15.0. The quantitative estimate of drug-likeness (QED) is 0.145. The highest BCUT2D eigenvalue weighted by Crippen LogP contribution is 2.47. The number of hydrogen-bond acceptors (Lipinski definition) is 2. The Morgan fingerprint density at radius 2 is 0.605 bits per heavy atom. The SMILES string of the molecule is N#Cc1ccc(-c2ccc(-c3ccccc3)nc2-c2ccccc2)c(-n2c3ccc(-c4ccccc4)cc3c3cc(-c4ccccc4)ccc32)c1-n1c2ccc(-c3ccccc3)cc2c2cc(-c3ccccc3)ccc21. The maximum atomic E-state index is 11.7. The van der Waals surface area contributed by atoms with Crippen molar-refractivity contribution in [3.63, 3.8) is 0 Å². The lowest BCUT2D eigenvalue weighted by Gasteiger charge is -2.23. The van der Waals surface area contributed by atoms with Crippen molar-refractivity contribution in [1.29, 1.82) is 5.26 Å². The maximum absolute atomic E-state index is 11.7. The molecule has 3 heterocycles. The first kappa shape index (κ1) is 44.4. The summed E-state index contributed by atoms with van der Waals surface area (Å²) >= 11 is 0. The van der Waals surface area contributed by atoms with E-state index in [2.05, 4.69) is 282 Å². The van der Waals surface area contributed by atoms with Gasteiger partial charge in [0.05, 0.1) is 50.4 Å². The lowest BCUT2D eigenvalue weighted by Crippen LogP contribution is -2.09. The van der Waals surface area contributed by atoms with E-state index in [4.69, 9.17) is 4.98 Å². The van der Waals surface area contributed by atoms with Crippen molar-refractivity contribution in [3.8, 4) is 95.6 Å². The molecule has 0 fully saturated rings. The Balaban J connectivity index is 1.15. The molecule has 4 heteroatoms. The zero-order valence-electron chi connectivity index (χ0n) is 41.3. The summed E-state index contributed by atoms with van der Waals surface area (Å²) in [6.07, 6.45) is 0. The van der Waals surface area contributed by atoms with Crippen molar-refractivity contribution in [2.24, 2.45) is 0 Å². The molecule has 0 amide bonds. The normalized spacial score (nSPS) is 11.4. The Bertz CT molecular complexity index is 4340. The average molecular weight is 967 g/mol. The zero-order chi connectivity index (χ0) is 50.5. The van der Waals surface area contributed by atoms with Crippen LogP contribution in [0.25, 0.3) is 133 Å². The van der Waals surface area contributed by atoms with E-state index in [1.807, 2.05) is 12.1 Å². The summed E-state index contributed by atoms with van der Waals surface area (Å²) < 4.78 is 4.78. The number of rotatable bonds is 9. The van der Waals surface area contributed by atoms with Crippen molar-refractivity contribution in [3.05, 3.63) is 285 Å². The van der Waals surface area contributed by atoms with E-state index in [9.17, 15) is 5.26 Å². The molecule has 354 valence electrons. The Morgan fingerprint density at radius 1 is 0.276 bits per heavy atom. The molecule has 0 aliphatic heterocycles. The van der Waals surface area contributed by atoms with Gasteiger partial charge in [0.1, 0.15) is 6.07 Å². The number of hydrogen-bond donors (Lipinski definition) is 0. The Hall–Kier alpha value is -10.3. The molecule has 0 aliphatic rings. The molecule has 76 heavy (non-hydrogen) atoms. The molecule has 0 aliphatic carbocycles. The first-order chi connectivity index (χ1) is 37.7. The summed E-state index contributed by atoms with van der Waals surface area (Å²) in [6.45, 7) is 0. The summed E-state index contributed by atoms with van der Waals surface area (Å²) in [5.74, 6) is 0. The lowest BCUT2D eigenvalue weighted by atomic mass is 9.94. The molecule has 0 saturated carbocycles. The molecular weight excluding hydrogens is 921 g/mol. The minimum atomic E-state index is 0.545. The first-order valence-electron chi connectivity index (χ1n) is 25.8. The van der Waals surface area contributed by atoms with Gasteiger partial charge in [0.25, 0.3) is 0 Å². The number of nitrogens with zero attached hydrogens (tertiary/aromatic N) is 4. The highest BCUT2D eigenvalue weighted by atomic mass is 15.1. The number of nitriles is 1. The van der Waals surface area contributed by atoms with Gasteiger partial charge in [-0.05, 0) is 111 Å². The van der Waals surface area contributed by atoms with Gasteiger partial charge < -0.3 is 9.13 Å². The van der Waals surface area contributed by atoms with Crippen molar-refractivity contribution < 1.29 is 0 Å². The van der Waals surface area contributed by atoms with Crippen LogP contribution >= 0.6 is 0 Å². The predicted molar refractivity (Wildman–Crippen MR) is 316 cm³/mol. The molecule has 3 aromatic heterocycles. The molecule has 0 bridgehead atoms. The average Bonchev–Trinajstić information content (AvgIpc) is 4.01. The van der Waals surface area contributed by atoms with E-state index >= 15 is 0 Å². The molecule has 0 spiro atoms. The van der Waals surface area contributed by atoms with Crippen LogP contribution in [-0.4, -0.2) is 14.1 Å². The molecule has 4 nitrogen and oxygen atoms in total. The summed E-state index contributed by atoms with van der Waals surface area (Å²) in [6, 6.07) is 102. The maximum Gasteiger partial charge on any atom is 0.101 e. The third-order valence-electron chi connectivity index (χ3n) is 15.0. The Labute approximate surface area is 440 Å². The largest absolute Gasteiger partial charge is 0.307 e. The van der Waals surface area contributed by atoms with Crippen LogP contribution in [0.15, 0.2) is 279 Å². The summed E-state index contributed by atoms with van der Waals surface area (Å²) in [4.78, 5) is 5.56. The lowest BCUT2D eigenvalue weighted by molar-refractivity contribution is 1.09. The Morgan fingerprint density at radius 3 is 0.974 bits per heavy atom. The Kier molecular flexibility index (Phi) is 10.9. The third kappa shape index (κ3) is 7.57. The monoisotopic (exact) mass is 966 g/mol. The van der Waals surface area contributed by atoms with Gasteiger partial charge in [-0.2, -0.15) is 5.26 Å². The van der Waals surface area contributed by atoms with Gasteiger partial charge in [0, 0.05) is 43.8 Å². The molecule has 0 unspecified atom stereocenters. The second-order valence-corrected chi connectivity index (χ2v) is 19.4. The summed E-state index contributed by atoms with van der Waals surface area (Å²) in [5, 5.41) is 16.1. The first-order valence-corrected chi connectivity index (χ1v) is 25.8. The second kappa shape index (κ2) is 18.6. The summed E-state index contributed by atoms with van der Waals surface area (Å²) in [7, 11) is 0. The molecule has 11 aromatic carbocycles. The van der Waals surface area contributed by atoms with Gasteiger partial charge in [-0.15, -0.1) is 0 Å². The van der Waals surface area contributed by atoms with Crippen molar-refractivity contribution in [1.82, 2.24) is 14.1 Å². The number of aromatic nitrogens is 3. The highest BCUT2D eigenvalue weighted by molar-refractivity contribution is 6.15. The zero-order valence-corrected chi connectivity index (χ0v) is 41.3. The van der Waals surface area contributed by atoms with E-state index in [-0.39, 0.29) is 0 Å². The van der Waals surface area contributed by atoms with Crippen LogP contribution in [0.4, 0.5) is 0 Å². The number of fused-ring (bicyclic) bond motifs is 6. The van der Waals surface area contributed by atoms with E-state index in [1.165, 1.54) is 0 Å². The minimum Gasteiger partial charge on any atom is -0.307 e. The van der Waals surface area contributed by atoms with Crippen LogP contribution < -0.4 is 0 Å². The minimum absolute atomic E-state index is 0.545. The van der Waals surface area contributed by atoms with Crippen LogP contribution in [0.1, 0.15) is 5.56 Å². The van der Waals surface area contributed by atoms with E-state index in [0.29, 0.717) is 5.56 Å². The molecule has 0 N–H and O–H groups in total. The van der Waals surface area contributed by atoms with Crippen LogP contribution in [-0.2, 0) is 0 Å². The van der Waals surface area contributed by atoms with Crippen LogP contribution in [0.3, 0.4) is 0 Å². The van der Waals surface area contributed by atoms with Crippen LogP contribution in [0, 0.1) is 11.3 Å². The molecule has 0 saturated heterocycles. The van der Waals surface area contributed by atoms with E-state index in [0.717, 1.165) is 133 Å². The van der Waals surface area contributed by atoms with E-state index in [1.54, 1.807) is 0 Å². The van der Waals surface area contributed by atoms with Crippen LogP contribution in [0.2, 0.25) is 0 Å². The van der Waals surface area contributed by atoms with Gasteiger partial charge in [-0.3, -0.25) is 0 Å². The fraction of sp³-hybridized carbons (Fsp3) is 0. The molecular formula is C72H46N4. The van der Waals surface area contributed by atoms with Crippen molar-refractivity contribution >= 4 is 43.6 Å². The molecule has 14 aromatic rings. The fourth-order valence-electron chi connectivity index (χ4n) is 11.4. The predicted octanol–water partition coefficient (Wildman–Crippen LogP) is 18.8. The van der Waals surface area contributed by atoms with E-state index < -0.39 is 0 Å². The second-order valence-electron chi connectivity index (χ2n) is 19.4. The number of benzene rings is 11. The van der Waals surface area contributed by atoms with Crippen molar-refractivity contribution in [2.75, 3.05) is 0 Å². The van der Waals surface area contributed by atoms with Gasteiger partial charge in [0.15, 0.2) is 0 Å². The molecule has 14 rings (SSSR count). The number of pyridine rings is 1. The van der Waals surface area contributed by atoms with Gasteiger partial charge in [0.2, 0.25) is 0 Å².